The number of carbonyl (C=O) groups is 2. The van der Waals surface area contributed by atoms with E-state index in [1.54, 1.807) is 40.7 Å². The van der Waals surface area contributed by atoms with Gasteiger partial charge in [-0.3, -0.25) is 0 Å². The normalized spacial score (nSPS) is 20.7. The first-order valence-corrected chi connectivity index (χ1v) is 9.34. The first-order chi connectivity index (χ1) is 12.6. The maximum atomic E-state index is 12.9. The van der Waals surface area contributed by atoms with Crippen molar-refractivity contribution >= 4 is 34.1 Å². The van der Waals surface area contributed by atoms with E-state index >= 15 is 0 Å². The molecule has 0 aromatic heterocycles. The maximum Gasteiger partial charge on any atom is 0.435 e. The van der Waals surface area contributed by atoms with E-state index in [1.165, 1.54) is 0 Å². The van der Waals surface area contributed by atoms with Crippen molar-refractivity contribution in [2.24, 2.45) is 5.10 Å². The van der Waals surface area contributed by atoms with Crippen LogP contribution in [0.4, 0.5) is 4.79 Å². The molecule has 1 amide bonds. The number of benzene rings is 1. The predicted molar refractivity (Wildman–Crippen MR) is 99.1 cm³/mol. The number of hydrogen-bond donors (Lipinski definition) is 0. The Balaban J connectivity index is 2.17. The molecule has 27 heavy (non-hydrogen) atoms. The molecule has 1 spiro atoms. The van der Waals surface area contributed by atoms with Crippen LogP contribution in [0.2, 0.25) is 0 Å². The molecule has 0 fully saturated rings. The number of aryl methyl sites for hydroxylation is 1. The zero-order valence-corrected chi connectivity index (χ0v) is 17.5. The molecule has 3 rings (SSSR count). The molecule has 1 aromatic rings. The van der Waals surface area contributed by atoms with Gasteiger partial charge >= 0.3 is 23.9 Å². The maximum absolute atomic E-state index is 12.9. The van der Waals surface area contributed by atoms with E-state index < -0.39 is 23.9 Å². The van der Waals surface area contributed by atoms with Crippen LogP contribution in [0.3, 0.4) is 0 Å². The molecule has 2 aliphatic rings. The summed E-state index contributed by atoms with van der Waals surface area (Å²) in [7, 11) is 0. The van der Waals surface area contributed by atoms with Crippen molar-refractivity contribution in [3.8, 4) is 5.75 Å². The Bertz CT molecular complexity index is 851. The Labute approximate surface area is 165 Å². The average molecular weight is 441 g/mol. The van der Waals surface area contributed by atoms with Crippen LogP contribution in [0.5, 0.6) is 5.75 Å². The standard InChI is InChI=1S/C18H21BrN2O6/c1-8(2)24-16-20-21(17(23)25-9(3)4)18(27-16)13-11(6)14(19)10(5)7-12(13)26-15(18)22/h7-9H,1-6H3. The second-order valence-electron chi connectivity index (χ2n) is 6.92. The Morgan fingerprint density at radius 2 is 1.93 bits per heavy atom. The highest BCUT2D eigenvalue weighted by Gasteiger charge is 2.65. The van der Waals surface area contributed by atoms with Crippen molar-refractivity contribution in [2.45, 2.75) is 59.5 Å². The van der Waals surface area contributed by atoms with Gasteiger partial charge in [0, 0.05) is 4.47 Å². The minimum Gasteiger partial charge on any atom is -0.447 e. The van der Waals surface area contributed by atoms with Crippen LogP contribution in [-0.2, 0) is 24.7 Å². The summed E-state index contributed by atoms with van der Waals surface area (Å²) >= 11 is 3.51. The lowest BCUT2D eigenvalue weighted by atomic mass is 9.96. The van der Waals surface area contributed by atoms with Gasteiger partial charge in [0.1, 0.15) is 5.75 Å². The van der Waals surface area contributed by atoms with Gasteiger partial charge in [0.05, 0.1) is 17.8 Å². The minimum absolute atomic E-state index is 0.202. The molecule has 146 valence electrons. The van der Waals surface area contributed by atoms with E-state index in [4.69, 9.17) is 18.9 Å². The molecule has 0 saturated carbocycles. The number of hydrazone groups is 1. The van der Waals surface area contributed by atoms with Crippen LogP contribution in [0.25, 0.3) is 0 Å². The predicted octanol–water partition coefficient (Wildman–Crippen LogP) is 3.71. The smallest absolute Gasteiger partial charge is 0.435 e. The number of rotatable bonds is 2. The van der Waals surface area contributed by atoms with Gasteiger partial charge in [-0.1, -0.05) is 21.0 Å². The molecule has 2 heterocycles. The van der Waals surface area contributed by atoms with E-state index in [0.29, 0.717) is 16.9 Å². The molecule has 1 atom stereocenters. The number of ether oxygens (including phenoxy) is 4. The lowest BCUT2D eigenvalue weighted by Crippen LogP contribution is -2.50. The topological polar surface area (TPSA) is 86.7 Å². The summed E-state index contributed by atoms with van der Waals surface area (Å²) in [6.07, 6.45) is -1.73. The van der Waals surface area contributed by atoms with Crippen LogP contribution >= 0.6 is 15.9 Å². The fourth-order valence-electron chi connectivity index (χ4n) is 2.99. The molecular weight excluding hydrogens is 420 g/mol. The Morgan fingerprint density at radius 3 is 2.52 bits per heavy atom. The highest BCUT2D eigenvalue weighted by Crippen LogP contribution is 2.50. The number of halogens is 1. The van der Waals surface area contributed by atoms with Crippen molar-refractivity contribution < 1.29 is 28.5 Å². The van der Waals surface area contributed by atoms with Gasteiger partial charge in [0.25, 0.3) is 0 Å². The summed E-state index contributed by atoms with van der Waals surface area (Å²) in [5.74, 6) is -0.480. The third kappa shape index (κ3) is 3.03. The van der Waals surface area contributed by atoms with Gasteiger partial charge in [0.15, 0.2) is 0 Å². The van der Waals surface area contributed by atoms with Crippen molar-refractivity contribution in [2.75, 3.05) is 0 Å². The van der Waals surface area contributed by atoms with Gasteiger partial charge in [-0.25, -0.2) is 9.59 Å². The summed E-state index contributed by atoms with van der Waals surface area (Å²) in [6, 6.07) is 1.70. The van der Waals surface area contributed by atoms with E-state index in [0.717, 1.165) is 15.0 Å². The number of nitrogens with zero attached hydrogens (tertiary/aromatic N) is 2. The van der Waals surface area contributed by atoms with E-state index in [9.17, 15) is 9.59 Å². The molecule has 0 bridgehead atoms. The van der Waals surface area contributed by atoms with Crippen molar-refractivity contribution in [3.63, 3.8) is 0 Å². The lowest BCUT2D eigenvalue weighted by Gasteiger charge is -2.28. The van der Waals surface area contributed by atoms with Gasteiger partial charge in [-0.15, -0.1) is 5.01 Å². The fourth-order valence-corrected chi connectivity index (χ4v) is 3.31. The molecule has 1 unspecified atom stereocenters. The number of carbonyl (C=O) groups excluding carboxylic acids is 2. The third-order valence-electron chi connectivity index (χ3n) is 4.02. The third-order valence-corrected chi connectivity index (χ3v) is 5.24. The molecule has 0 saturated heterocycles. The fraction of sp³-hybridized carbons (Fsp3) is 0.500. The van der Waals surface area contributed by atoms with E-state index in [-0.39, 0.29) is 12.2 Å². The second kappa shape index (κ2) is 6.70. The molecule has 9 heteroatoms. The van der Waals surface area contributed by atoms with Crippen LogP contribution < -0.4 is 4.74 Å². The lowest BCUT2D eigenvalue weighted by molar-refractivity contribution is -0.165. The van der Waals surface area contributed by atoms with Gasteiger partial charge in [-0.05, 0) is 58.7 Å². The Kier molecular flexibility index (Phi) is 4.83. The molecule has 8 nitrogen and oxygen atoms in total. The van der Waals surface area contributed by atoms with Crippen molar-refractivity contribution in [1.29, 1.82) is 0 Å². The molecular formula is C18H21BrN2O6. The average Bonchev–Trinajstić information content (AvgIpc) is 3.03. The molecule has 0 N–H and O–H groups in total. The summed E-state index contributed by atoms with van der Waals surface area (Å²) in [5, 5.41) is 4.93. The zero-order valence-electron chi connectivity index (χ0n) is 16.0. The molecule has 1 aromatic carbocycles. The van der Waals surface area contributed by atoms with Crippen molar-refractivity contribution in [3.05, 3.63) is 27.2 Å². The van der Waals surface area contributed by atoms with Gasteiger partial charge in [-0.2, -0.15) is 0 Å². The minimum atomic E-state index is -1.92. The summed E-state index contributed by atoms with van der Waals surface area (Å²) < 4.78 is 22.8. The van der Waals surface area contributed by atoms with Crippen LogP contribution in [0, 0.1) is 13.8 Å². The first-order valence-electron chi connectivity index (χ1n) is 8.55. The highest BCUT2D eigenvalue weighted by atomic mass is 79.9. The molecule has 0 aliphatic carbocycles. The number of amides is 1. The summed E-state index contributed by atoms with van der Waals surface area (Å²) in [4.78, 5) is 25.6. The number of fused-ring (bicyclic) bond motifs is 2. The van der Waals surface area contributed by atoms with Crippen LogP contribution in [0.1, 0.15) is 44.4 Å². The zero-order chi connectivity index (χ0) is 20.1. The number of hydrogen-bond acceptors (Lipinski definition) is 7. The van der Waals surface area contributed by atoms with Crippen molar-refractivity contribution in [1.82, 2.24) is 5.01 Å². The highest BCUT2D eigenvalue weighted by molar-refractivity contribution is 9.10. The quantitative estimate of drug-likeness (QED) is 0.514. The van der Waals surface area contributed by atoms with E-state index in [1.807, 2.05) is 6.92 Å². The Morgan fingerprint density at radius 1 is 1.26 bits per heavy atom. The summed E-state index contributed by atoms with van der Waals surface area (Å²) in [6.45, 7) is 10.6. The van der Waals surface area contributed by atoms with Crippen LogP contribution in [0.15, 0.2) is 15.6 Å². The first kappa shape index (κ1) is 19.5. The molecule has 2 aliphatic heterocycles. The number of esters is 1. The largest absolute Gasteiger partial charge is 0.447 e. The SMILES string of the molecule is Cc1cc2c(c(C)c1Br)C1(OC(OC(C)C)=NN1C(=O)OC(C)C)C(=O)O2. The Hall–Kier alpha value is -2.29. The van der Waals surface area contributed by atoms with Crippen LogP contribution in [-0.4, -0.2) is 35.4 Å². The van der Waals surface area contributed by atoms with Gasteiger partial charge in [0.2, 0.25) is 0 Å². The van der Waals surface area contributed by atoms with Gasteiger partial charge < -0.3 is 18.9 Å². The monoisotopic (exact) mass is 440 g/mol. The van der Waals surface area contributed by atoms with E-state index in [2.05, 4.69) is 21.0 Å². The summed E-state index contributed by atoms with van der Waals surface area (Å²) in [5.41, 5.74) is 0.0345. The molecule has 0 radical (unpaired) electrons. The second-order valence-corrected chi connectivity index (χ2v) is 7.71.